The Morgan fingerprint density at radius 1 is 1.33 bits per heavy atom. The van der Waals surface area contributed by atoms with Crippen molar-refractivity contribution in [2.45, 2.75) is 32.0 Å². The zero-order chi connectivity index (χ0) is 14.7. The summed E-state index contributed by atoms with van der Waals surface area (Å²) in [6.07, 6.45) is 4.71. The fourth-order valence-corrected chi connectivity index (χ4v) is 2.63. The number of aromatic nitrogens is 3. The van der Waals surface area contributed by atoms with Crippen molar-refractivity contribution in [1.82, 2.24) is 19.2 Å². The van der Waals surface area contributed by atoms with Crippen molar-refractivity contribution >= 4 is 12.2 Å². The van der Waals surface area contributed by atoms with E-state index < -0.39 is 0 Å². The maximum Gasteiger partial charge on any atom is 0.203 e. The maximum atomic E-state index is 8.77. The second-order valence-electron chi connectivity index (χ2n) is 5.21. The summed E-state index contributed by atoms with van der Waals surface area (Å²) in [5.74, 6) is 0. The van der Waals surface area contributed by atoms with Crippen molar-refractivity contribution in [3.8, 4) is 11.8 Å². The fourth-order valence-electron chi connectivity index (χ4n) is 2.37. The van der Waals surface area contributed by atoms with Gasteiger partial charge in [-0.2, -0.15) is 10.4 Å². The predicted octanol–water partition coefficient (Wildman–Crippen LogP) is 2.74. The average Bonchev–Trinajstić information content (AvgIpc) is 3.30. The van der Waals surface area contributed by atoms with Crippen LogP contribution in [0.2, 0.25) is 0 Å². The molecule has 1 aromatic carbocycles. The summed E-state index contributed by atoms with van der Waals surface area (Å²) >= 11 is 5.52. The van der Waals surface area contributed by atoms with Crippen LogP contribution in [0.5, 0.6) is 0 Å². The van der Waals surface area contributed by atoms with Gasteiger partial charge in [-0.15, -0.1) is 0 Å². The zero-order valence-electron chi connectivity index (χ0n) is 11.7. The van der Waals surface area contributed by atoms with Gasteiger partial charge in [0.15, 0.2) is 0 Å². The highest BCUT2D eigenvalue weighted by atomic mass is 32.1. The third kappa shape index (κ3) is 3.20. The van der Waals surface area contributed by atoms with Crippen LogP contribution in [0.25, 0.3) is 5.69 Å². The molecule has 0 atom stereocenters. The van der Waals surface area contributed by atoms with Crippen LogP contribution in [0.3, 0.4) is 0 Å². The molecule has 0 unspecified atom stereocenters. The van der Waals surface area contributed by atoms with E-state index in [-0.39, 0.29) is 0 Å². The second kappa shape index (κ2) is 6.20. The van der Waals surface area contributed by atoms with Crippen molar-refractivity contribution in [3.05, 3.63) is 41.4 Å². The molecule has 0 aliphatic heterocycles. The first-order valence-corrected chi connectivity index (χ1v) is 7.51. The predicted molar refractivity (Wildman–Crippen MR) is 82.3 cm³/mol. The molecule has 108 valence electrons. The summed E-state index contributed by atoms with van der Waals surface area (Å²) in [5.41, 5.74) is 1.02. The van der Waals surface area contributed by atoms with Gasteiger partial charge in [-0.3, -0.25) is 9.47 Å². The zero-order valence-corrected chi connectivity index (χ0v) is 12.5. The normalized spacial score (nSPS) is 14.3. The summed E-state index contributed by atoms with van der Waals surface area (Å²) in [6.45, 7) is 1.44. The number of benzene rings is 1. The molecule has 1 aromatic heterocycles. The molecule has 21 heavy (non-hydrogen) atoms. The quantitative estimate of drug-likeness (QED) is 0.770. The average molecular weight is 299 g/mol. The van der Waals surface area contributed by atoms with Crippen LogP contribution in [0, 0.1) is 16.1 Å². The first-order valence-electron chi connectivity index (χ1n) is 7.10. The number of hydrogen-bond donors (Lipinski definition) is 0. The van der Waals surface area contributed by atoms with Crippen LogP contribution in [-0.2, 0) is 6.67 Å². The molecule has 1 heterocycles. The molecule has 2 aromatic rings. The molecule has 0 bridgehead atoms. The molecule has 6 heteroatoms. The SMILES string of the molecule is N#CCCN(Cn1ncn(-c2ccccc2)c1=S)C1CC1. The van der Waals surface area contributed by atoms with Gasteiger partial charge in [-0.1, -0.05) is 18.2 Å². The van der Waals surface area contributed by atoms with E-state index in [2.05, 4.69) is 16.1 Å². The lowest BCUT2D eigenvalue weighted by molar-refractivity contribution is 0.200. The molecule has 0 amide bonds. The summed E-state index contributed by atoms with van der Waals surface area (Å²) in [4.78, 5) is 2.29. The molecule has 0 spiro atoms. The van der Waals surface area contributed by atoms with E-state index in [1.165, 1.54) is 12.8 Å². The molecular formula is C15H17N5S. The molecule has 5 nitrogen and oxygen atoms in total. The lowest BCUT2D eigenvalue weighted by atomic mass is 10.3. The van der Waals surface area contributed by atoms with Gasteiger partial charge >= 0.3 is 0 Å². The number of para-hydroxylation sites is 1. The third-order valence-corrected chi connectivity index (χ3v) is 4.06. The monoisotopic (exact) mass is 299 g/mol. The van der Waals surface area contributed by atoms with Crippen LogP contribution in [0.15, 0.2) is 36.7 Å². The van der Waals surface area contributed by atoms with Crippen molar-refractivity contribution in [2.75, 3.05) is 6.54 Å². The van der Waals surface area contributed by atoms with Gasteiger partial charge in [0.05, 0.1) is 12.7 Å². The molecule has 1 saturated carbocycles. The van der Waals surface area contributed by atoms with Gasteiger partial charge in [0.1, 0.15) is 6.33 Å². The lowest BCUT2D eigenvalue weighted by Gasteiger charge is -2.20. The highest BCUT2D eigenvalue weighted by Crippen LogP contribution is 2.27. The fraction of sp³-hybridized carbons (Fsp3) is 0.400. The lowest BCUT2D eigenvalue weighted by Crippen LogP contribution is -2.30. The molecule has 1 aliphatic rings. The minimum Gasteiger partial charge on any atom is -0.280 e. The van der Waals surface area contributed by atoms with E-state index in [1.54, 1.807) is 6.33 Å². The van der Waals surface area contributed by atoms with Gasteiger partial charge in [0.2, 0.25) is 4.77 Å². The number of rotatable bonds is 6. The van der Waals surface area contributed by atoms with Crippen LogP contribution in [0.1, 0.15) is 19.3 Å². The standard InChI is InChI=1S/C15H17N5S/c16-9-4-10-18(13-7-8-13)12-20-15(21)19(11-17-20)14-5-2-1-3-6-14/h1-3,5-6,11,13H,4,7-8,10,12H2. The Labute approximate surface area is 129 Å². The van der Waals surface area contributed by atoms with E-state index in [4.69, 9.17) is 17.5 Å². The van der Waals surface area contributed by atoms with Crippen LogP contribution in [0.4, 0.5) is 0 Å². The molecule has 0 radical (unpaired) electrons. The Kier molecular flexibility index (Phi) is 4.13. The second-order valence-corrected chi connectivity index (χ2v) is 5.58. The van der Waals surface area contributed by atoms with Crippen molar-refractivity contribution in [2.24, 2.45) is 0 Å². The Morgan fingerprint density at radius 2 is 2.10 bits per heavy atom. The molecule has 3 rings (SSSR count). The molecular weight excluding hydrogens is 282 g/mol. The summed E-state index contributed by atoms with van der Waals surface area (Å²) in [5, 5.41) is 13.2. The van der Waals surface area contributed by atoms with E-state index >= 15 is 0 Å². The number of hydrogen-bond acceptors (Lipinski definition) is 4. The van der Waals surface area contributed by atoms with Gasteiger partial charge in [0.25, 0.3) is 0 Å². The minimum atomic E-state index is 0.545. The van der Waals surface area contributed by atoms with Crippen molar-refractivity contribution in [1.29, 1.82) is 5.26 Å². The smallest absolute Gasteiger partial charge is 0.203 e. The van der Waals surface area contributed by atoms with Crippen molar-refractivity contribution in [3.63, 3.8) is 0 Å². The summed E-state index contributed by atoms with van der Waals surface area (Å²) < 4.78 is 4.42. The first kappa shape index (κ1) is 14.0. The molecule has 0 saturated heterocycles. The van der Waals surface area contributed by atoms with E-state index in [1.807, 2.05) is 39.6 Å². The van der Waals surface area contributed by atoms with Gasteiger partial charge < -0.3 is 0 Å². The topological polar surface area (TPSA) is 49.8 Å². The molecule has 1 aliphatic carbocycles. The van der Waals surface area contributed by atoms with Crippen LogP contribution < -0.4 is 0 Å². The first-order chi connectivity index (χ1) is 10.3. The Bertz CT molecular complexity index is 693. The number of nitriles is 1. The van der Waals surface area contributed by atoms with Gasteiger partial charge in [-0.05, 0) is 37.2 Å². The third-order valence-electron chi connectivity index (χ3n) is 3.66. The van der Waals surface area contributed by atoms with E-state index in [0.29, 0.717) is 23.9 Å². The van der Waals surface area contributed by atoms with Gasteiger partial charge in [-0.25, -0.2) is 4.68 Å². The van der Waals surface area contributed by atoms with Crippen LogP contribution >= 0.6 is 12.2 Å². The summed E-state index contributed by atoms with van der Waals surface area (Å²) in [7, 11) is 0. The largest absolute Gasteiger partial charge is 0.280 e. The van der Waals surface area contributed by atoms with E-state index in [0.717, 1.165) is 12.2 Å². The van der Waals surface area contributed by atoms with Crippen molar-refractivity contribution < 1.29 is 0 Å². The van der Waals surface area contributed by atoms with E-state index in [9.17, 15) is 0 Å². The molecule has 0 N–H and O–H groups in total. The summed E-state index contributed by atoms with van der Waals surface area (Å²) in [6, 6.07) is 12.8. The highest BCUT2D eigenvalue weighted by Gasteiger charge is 2.29. The van der Waals surface area contributed by atoms with Gasteiger partial charge in [0, 0.05) is 24.7 Å². The molecule has 1 fully saturated rings. The minimum absolute atomic E-state index is 0.545. The maximum absolute atomic E-state index is 8.77. The Morgan fingerprint density at radius 3 is 2.76 bits per heavy atom. The Balaban J connectivity index is 1.79. The number of nitrogens with zero attached hydrogens (tertiary/aromatic N) is 5. The Hall–Kier alpha value is -1.97. The van der Waals surface area contributed by atoms with Crippen LogP contribution in [-0.4, -0.2) is 31.8 Å². The highest BCUT2D eigenvalue weighted by molar-refractivity contribution is 7.71.